The Balaban J connectivity index is 0.000000106. The molecule has 6 heterocycles. The third-order valence-electron chi connectivity index (χ3n) is 27.2. The molecule has 0 saturated heterocycles. The molecule has 141 heavy (non-hydrogen) atoms. The zero-order chi connectivity index (χ0) is 93.0. The molecule has 0 aliphatic heterocycles. The van der Waals surface area contributed by atoms with Crippen LogP contribution in [-0.4, -0.2) is 44.9 Å². The van der Waals surface area contributed by atoms with E-state index in [9.17, 15) is 0 Å². The summed E-state index contributed by atoms with van der Waals surface area (Å²) in [6.45, 7) is 0. The van der Waals surface area contributed by atoms with Gasteiger partial charge in [0.15, 0.2) is 52.4 Å². The number of rotatable bonds is 11. The van der Waals surface area contributed by atoms with Gasteiger partial charge in [-0.2, -0.15) is 0 Å². The first-order valence-electron chi connectivity index (χ1n) is 47.3. The summed E-state index contributed by atoms with van der Waals surface area (Å²) in [5.74, 6) is 7.82. The predicted molar refractivity (Wildman–Crippen MR) is 571 cm³/mol. The highest BCUT2D eigenvalue weighted by molar-refractivity contribution is 6.26. The van der Waals surface area contributed by atoms with Gasteiger partial charge in [-0.25, -0.2) is 44.9 Å². The van der Waals surface area contributed by atoms with E-state index in [0.717, 1.165) is 171 Å². The molecular formula is C129H77N9O3. The van der Waals surface area contributed by atoms with Crippen LogP contribution in [0.25, 0.3) is 291 Å². The maximum atomic E-state index is 7.06. The molecule has 20 aromatic carbocycles. The molecule has 0 saturated carbocycles. The van der Waals surface area contributed by atoms with Crippen molar-refractivity contribution in [1.82, 2.24) is 44.9 Å². The Morgan fingerprint density at radius 1 is 0.128 bits per heavy atom. The minimum atomic E-state index is 0.509. The molecular weight excluding hydrogens is 1720 g/mol. The van der Waals surface area contributed by atoms with E-state index in [0.29, 0.717) is 58.2 Å². The van der Waals surface area contributed by atoms with E-state index in [1.54, 1.807) is 0 Å². The van der Waals surface area contributed by atoms with Gasteiger partial charge >= 0.3 is 0 Å². The second kappa shape index (κ2) is 34.0. The molecule has 0 unspecified atom stereocenters. The van der Waals surface area contributed by atoms with E-state index < -0.39 is 0 Å². The van der Waals surface area contributed by atoms with Crippen LogP contribution in [0.15, 0.2) is 480 Å². The molecule has 656 valence electrons. The van der Waals surface area contributed by atoms with Crippen LogP contribution >= 0.6 is 0 Å². The Labute approximate surface area is 810 Å². The van der Waals surface area contributed by atoms with Gasteiger partial charge in [-0.05, 0) is 124 Å². The molecule has 3 aliphatic rings. The summed E-state index contributed by atoms with van der Waals surface area (Å²) in [5.41, 5.74) is 32.9. The molecule has 3 aliphatic carbocycles. The fraction of sp³-hybridized carbons (Fsp3) is 0. The monoisotopic (exact) mass is 1800 g/mol. The Morgan fingerprint density at radius 2 is 0.326 bits per heavy atom. The molecule has 12 nitrogen and oxygen atoms in total. The van der Waals surface area contributed by atoms with Crippen molar-refractivity contribution in [1.29, 1.82) is 0 Å². The van der Waals surface area contributed by atoms with Gasteiger partial charge in [0, 0.05) is 105 Å². The lowest BCUT2D eigenvalue weighted by Gasteiger charge is -2.12. The summed E-state index contributed by atoms with van der Waals surface area (Å²) in [7, 11) is 0. The molecule has 12 heteroatoms. The SMILES string of the molecule is c1ccc(-c2nc(-c3ccccc3)nc(-c3ccc(-c4oc5c6c(cc7ccccc75)-c5ccccc5-c5ccccc5-c46)cc3)n2)cc1.c1ccc(-c2nc(-c3ccccc3)nc(-c3cccc(-c4oc5c6c(cc7ccccc75)-c5ccccc5-c5ccccc5-c46)c3)n2)cc1.c1ccc(-c2nc(-c3ccccc3)nc(-c3oc4c5c(cc6ccccc64)-c4ccccc4-c4ccccc4-c35)n2)cc1. The average molecular weight is 1800 g/mol. The zero-order valence-electron chi connectivity index (χ0n) is 75.7. The summed E-state index contributed by atoms with van der Waals surface area (Å²) in [4.78, 5) is 44.7. The first kappa shape index (κ1) is 81.4. The van der Waals surface area contributed by atoms with Gasteiger partial charge in [0.2, 0.25) is 5.82 Å². The van der Waals surface area contributed by atoms with Crippen molar-refractivity contribution in [3.05, 3.63) is 467 Å². The van der Waals surface area contributed by atoms with Gasteiger partial charge in [0.1, 0.15) is 28.3 Å². The maximum absolute atomic E-state index is 7.06. The molecule has 6 aromatic heterocycles. The maximum Gasteiger partial charge on any atom is 0.200 e. The number of nitrogens with zero attached hydrogens (tertiary/aromatic N) is 9. The molecule has 0 fully saturated rings. The van der Waals surface area contributed by atoms with Crippen LogP contribution < -0.4 is 0 Å². The highest BCUT2D eigenvalue weighted by atomic mass is 16.3. The Bertz CT molecular complexity index is 9300. The molecule has 29 rings (SSSR count). The van der Waals surface area contributed by atoms with Gasteiger partial charge < -0.3 is 13.3 Å². The zero-order valence-corrected chi connectivity index (χ0v) is 75.7. The largest absolute Gasteiger partial charge is 0.455 e. The number of benzene rings is 20. The second-order valence-electron chi connectivity index (χ2n) is 35.5. The summed E-state index contributed by atoms with van der Waals surface area (Å²) < 4.78 is 21.0. The molecule has 0 spiro atoms. The summed E-state index contributed by atoms with van der Waals surface area (Å²) in [6, 6.07) is 162. The van der Waals surface area contributed by atoms with E-state index >= 15 is 0 Å². The number of fused-ring (bicyclic) bond motifs is 21. The number of furan rings is 3. The fourth-order valence-electron chi connectivity index (χ4n) is 20.8. The lowest BCUT2D eigenvalue weighted by atomic mass is 9.93. The summed E-state index contributed by atoms with van der Waals surface area (Å²) in [6.07, 6.45) is 0. The third-order valence-corrected chi connectivity index (χ3v) is 27.2. The van der Waals surface area contributed by atoms with Crippen molar-refractivity contribution >= 4 is 65.2 Å². The summed E-state index contributed by atoms with van der Waals surface area (Å²) in [5, 5.41) is 10.1. The van der Waals surface area contributed by atoms with Crippen LogP contribution in [-0.2, 0) is 0 Å². The third kappa shape index (κ3) is 14.1. The van der Waals surface area contributed by atoms with Crippen molar-refractivity contribution in [3.63, 3.8) is 0 Å². The van der Waals surface area contributed by atoms with E-state index in [1.807, 2.05) is 182 Å². The van der Waals surface area contributed by atoms with E-state index in [4.69, 9.17) is 58.1 Å². The summed E-state index contributed by atoms with van der Waals surface area (Å²) >= 11 is 0. The smallest absolute Gasteiger partial charge is 0.200 e. The lowest BCUT2D eigenvalue weighted by molar-refractivity contribution is 0.629. The fourth-order valence-corrected chi connectivity index (χ4v) is 20.8. The van der Waals surface area contributed by atoms with Crippen LogP contribution in [0.5, 0.6) is 0 Å². The molecule has 26 aromatic rings. The van der Waals surface area contributed by atoms with Crippen molar-refractivity contribution in [3.8, 4) is 225 Å². The normalized spacial score (nSPS) is 11.7. The number of hydrogen-bond acceptors (Lipinski definition) is 12. The predicted octanol–water partition coefficient (Wildman–Crippen LogP) is 33.6. The minimum Gasteiger partial charge on any atom is -0.455 e. The van der Waals surface area contributed by atoms with Gasteiger partial charge in [0.05, 0.1) is 0 Å². The lowest BCUT2D eigenvalue weighted by Crippen LogP contribution is -2.00. The first-order chi connectivity index (χ1) is 69.9. The van der Waals surface area contributed by atoms with E-state index in [1.165, 1.54) is 61.2 Å². The number of aromatic nitrogens is 9. The van der Waals surface area contributed by atoms with Crippen LogP contribution in [0.1, 0.15) is 0 Å². The van der Waals surface area contributed by atoms with Gasteiger partial charge in [-0.15, -0.1) is 0 Å². The first-order valence-corrected chi connectivity index (χ1v) is 47.3. The van der Waals surface area contributed by atoms with E-state index in [-0.39, 0.29) is 0 Å². The van der Waals surface area contributed by atoms with Gasteiger partial charge in [-0.1, -0.05) is 443 Å². The van der Waals surface area contributed by atoms with E-state index in [2.05, 4.69) is 285 Å². The standard InChI is InChI=1S/2C45H27N3O.C39H23N3O/c1-3-14-28(15-4-1)43-46-44(29-16-5-2-6-17-29)48-45(47-43)32-20-13-19-31(26-32)41-39-37-25-12-11-23-35(37)34-22-9-10-24-36(34)38-27-30-18-7-8-21-33(30)42(49-41)40(38)39;1-3-13-29(14-4-1)43-46-44(30-15-5-2-6-16-30)48-45(47-43)31-25-23-28(24-26-31)41-39-37-22-12-11-20-35(37)34-19-9-10-21-36(34)38-27-32-17-7-8-18-33(32)42(49-41)40(38)39;1-3-13-24(14-4-1)37-40-38(25-15-5-2-6-16-25)42-39(41-37)36-33-31-22-12-11-20-29(31)28-19-9-10-21-30(28)32-23-26-17-7-8-18-27(26)35(43-36)34(32)33/h2*1-27H;1-23H. The minimum absolute atomic E-state index is 0.509. The highest BCUT2D eigenvalue weighted by Gasteiger charge is 2.35. The van der Waals surface area contributed by atoms with Gasteiger partial charge in [-0.3, -0.25) is 0 Å². The van der Waals surface area contributed by atoms with Crippen LogP contribution in [0, 0.1) is 0 Å². The topological polar surface area (TPSA) is 155 Å². The van der Waals surface area contributed by atoms with Crippen LogP contribution in [0.3, 0.4) is 0 Å². The average Bonchev–Trinajstić information content (AvgIpc) is 1.56. The Hall–Kier alpha value is -19.2. The van der Waals surface area contributed by atoms with Gasteiger partial charge in [0.25, 0.3) is 0 Å². The second-order valence-corrected chi connectivity index (χ2v) is 35.5. The van der Waals surface area contributed by atoms with Crippen LogP contribution in [0.4, 0.5) is 0 Å². The van der Waals surface area contributed by atoms with Crippen LogP contribution in [0.2, 0.25) is 0 Å². The number of hydrogen-bond donors (Lipinski definition) is 0. The molecule has 0 atom stereocenters. The van der Waals surface area contributed by atoms with Crippen molar-refractivity contribution in [2.45, 2.75) is 0 Å². The molecule has 0 radical (unpaired) electrons. The Kier molecular flexibility index (Phi) is 19.6. The molecule has 0 N–H and O–H groups in total. The van der Waals surface area contributed by atoms with Crippen molar-refractivity contribution < 1.29 is 13.3 Å². The van der Waals surface area contributed by atoms with Crippen molar-refractivity contribution in [2.24, 2.45) is 0 Å². The van der Waals surface area contributed by atoms with Crippen molar-refractivity contribution in [2.75, 3.05) is 0 Å². The quantitative estimate of drug-likeness (QED) is 0.121. The Morgan fingerprint density at radius 3 is 0.631 bits per heavy atom. The molecule has 0 amide bonds. The molecule has 0 bridgehead atoms. The highest BCUT2D eigenvalue weighted by Crippen LogP contribution is 2.59.